The first kappa shape index (κ1) is 12.3. The summed E-state index contributed by atoms with van der Waals surface area (Å²) in [5.41, 5.74) is 3.86. The van der Waals surface area contributed by atoms with Crippen molar-refractivity contribution in [1.29, 1.82) is 0 Å². The summed E-state index contributed by atoms with van der Waals surface area (Å²) >= 11 is 0. The van der Waals surface area contributed by atoms with E-state index in [0.717, 1.165) is 22.5 Å². The van der Waals surface area contributed by atoms with Gasteiger partial charge in [0.1, 0.15) is 0 Å². The van der Waals surface area contributed by atoms with Gasteiger partial charge in [0, 0.05) is 5.69 Å². The Balaban J connectivity index is 2.01. The average Bonchev–Trinajstić information content (AvgIpc) is 2.35. The summed E-state index contributed by atoms with van der Waals surface area (Å²) in [6.45, 7) is 3.93. The number of hydrogen-bond acceptors (Lipinski definition) is 2. The van der Waals surface area contributed by atoms with Gasteiger partial charge in [0.25, 0.3) is 0 Å². The van der Waals surface area contributed by atoms with Crippen LogP contribution in [-0.2, 0) is 11.2 Å². The maximum Gasteiger partial charge on any atom is 0.228 e. The first-order valence-electron chi connectivity index (χ1n) is 5.92. The molecule has 0 fully saturated rings. The molecular formula is C15H16N2O. The molecule has 0 bridgehead atoms. The first-order valence-corrected chi connectivity index (χ1v) is 5.92. The number of aromatic nitrogens is 1. The van der Waals surface area contributed by atoms with Gasteiger partial charge in [-0.15, -0.1) is 0 Å². The molecule has 0 aliphatic rings. The molecule has 0 spiro atoms. The molecule has 3 heteroatoms. The number of pyridine rings is 1. The molecule has 0 saturated heterocycles. The molecule has 0 radical (unpaired) electrons. The van der Waals surface area contributed by atoms with Gasteiger partial charge in [0.05, 0.1) is 18.3 Å². The Morgan fingerprint density at radius 1 is 1.17 bits per heavy atom. The Kier molecular flexibility index (Phi) is 3.72. The van der Waals surface area contributed by atoms with E-state index in [2.05, 4.69) is 10.3 Å². The summed E-state index contributed by atoms with van der Waals surface area (Å²) in [6.07, 6.45) is 2.06. The van der Waals surface area contributed by atoms with Crippen LogP contribution in [0.1, 0.15) is 16.8 Å². The van der Waals surface area contributed by atoms with Gasteiger partial charge < -0.3 is 5.32 Å². The molecule has 1 aromatic heterocycles. The molecule has 2 aromatic rings. The summed E-state index contributed by atoms with van der Waals surface area (Å²) in [4.78, 5) is 16.0. The van der Waals surface area contributed by atoms with Crippen LogP contribution >= 0.6 is 0 Å². The van der Waals surface area contributed by atoms with E-state index >= 15 is 0 Å². The van der Waals surface area contributed by atoms with Gasteiger partial charge >= 0.3 is 0 Å². The lowest BCUT2D eigenvalue weighted by Crippen LogP contribution is -2.15. The molecule has 0 saturated carbocycles. The van der Waals surface area contributed by atoms with Gasteiger partial charge in [-0.25, -0.2) is 0 Å². The molecule has 1 aromatic carbocycles. The van der Waals surface area contributed by atoms with E-state index in [1.807, 2.05) is 50.2 Å². The molecule has 2 rings (SSSR count). The van der Waals surface area contributed by atoms with Crippen LogP contribution in [0.25, 0.3) is 0 Å². The lowest BCUT2D eigenvalue weighted by Gasteiger charge is -2.07. The molecule has 0 unspecified atom stereocenters. The predicted molar refractivity (Wildman–Crippen MR) is 72.5 cm³/mol. The van der Waals surface area contributed by atoms with Crippen LogP contribution in [0.2, 0.25) is 0 Å². The third kappa shape index (κ3) is 3.17. The van der Waals surface area contributed by atoms with Crippen molar-refractivity contribution in [2.24, 2.45) is 0 Å². The second-order valence-corrected chi connectivity index (χ2v) is 4.34. The Bertz CT molecular complexity index is 547. The van der Waals surface area contributed by atoms with E-state index in [0.29, 0.717) is 6.42 Å². The minimum absolute atomic E-state index is 0.0186. The quantitative estimate of drug-likeness (QED) is 0.896. The molecule has 0 aliphatic carbocycles. The number of anilines is 1. The highest BCUT2D eigenvalue weighted by Crippen LogP contribution is 2.10. The topological polar surface area (TPSA) is 42.0 Å². The van der Waals surface area contributed by atoms with Crippen molar-refractivity contribution in [3.05, 3.63) is 59.4 Å². The third-order valence-electron chi connectivity index (χ3n) is 2.81. The van der Waals surface area contributed by atoms with Crippen molar-refractivity contribution in [2.75, 3.05) is 5.32 Å². The average molecular weight is 240 g/mol. The van der Waals surface area contributed by atoms with E-state index < -0.39 is 0 Å². The van der Waals surface area contributed by atoms with Crippen molar-refractivity contribution in [3.63, 3.8) is 0 Å². The highest BCUT2D eigenvalue weighted by Gasteiger charge is 2.05. The zero-order chi connectivity index (χ0) is 13.0. The summed E-state index contributed by atoms with van der Waals surface area (Å²) in [5, 5.41) is 2.84. The molecule has 1 heterocycles. The smallest absolute Gasteiger partial charge is 0.228 e. The minimum atomic E-state index is -0.0186. The molecule has 0 atom stereocenters. The number of amides is 1. The van der Waals surface area contributed by atoms with Gasteiger partial charge in [0.2, 0.25) is 5.91 Å². The van der Waals surface area contributed by atoms with Crippen LogP contribution < -0.4 is 5.32 Å². The summed E-state index contributed by atoms with van der Waals surface area (Å²) in [7, 11) is 0. The highest BCUT2D eigenvalue weighted by molar-refractivity contribution is 5.92. The fourth-order valence-electron chi connectivity index (χ4n) is 1.73. The standard InChI is InChI=1S/C15H16N2O/c1-11-5-3-4-6-13(11)9-15(18)17-14-8-7-12(2)16-10-14/h3-8,10H,9H2,1-2H3,(H,17,18). The Labute approximate surface area is 107 Å². The van der Waals surface area contributed by atoms with E-state index in [4.69, 9.17) is 0 Å². The zero-order valence-corrected chi connectivity index (χ0v) is 10.6. The Hall–Kier alpha value is -2.16. The van der Waals surface area contributed by atoms with Crippen molar-refractivity contribution >= 4 is 11.6 Å². The van der Waals surface area contributed by atoms with Crippen molar-refractivity contribution in [2.45, 2.75) is 20.3 Å². The molecule has 92 valence electrons. The van der Waals surface area contributed by atoms with Crippen LogP contribution in [-0.4, -0.2) is 10.9 Å². The van der Waals surface area contributed by atoms with Crippen LogP contribution in [0.4, 0.5) is 5.69 Å². The van der Waals surface area contributed by atoms with Crippen molar-refractivity contribution in [1.82, 2.24) is 4.98 Å². The van der Waals surface area contributed by atoms with Crippen LogP contribution in [0, 0.1) is 13.8 Å². The molecule has 0 aliphatic heterocycles. The number of carbonyl (C=O) groups is 1. The van der Waals surface area contributed by atoms with Gasteiger partial charge in [-0.3, -0.25) is 9.78 Å². The Morgan fingerprint density at radius 2 is 1.94 bits per heavy atom. The minimum Gasteiger partial charge on any atom is -0.324 e. The first-order chi connectivity index (χ1) is 8.65. The number of carbonyl (C=O) groups excluding carboxylic acids is 1. The fraction of sp³-hybridized carbons (Fsp3) is 0.200. The van der Waals surface area contributed by atoms with E-state index in [1.54, 1.807) is 6.20 Å². The summed E-state index contributed by atoms with van der Waals surface area (Å²) in [6, 6.07) is 11.6. The molecule has 1 amide bonds. The van der Waals surface area contributed by atoms with Crippen LogP contribution in [0.15, 0.2) is 42.6 Å². The van der Waals surface area contributed by atoms with Crippen molar-refractivity contribution < 1.29 is 4.79 Å². The number of aryl methyl sites for hydroxylation is 2. The number of benzene rings is 1. The number of nitrogens with zero attached hydrogens (tertiary/aromatic N) is 1. The van der Waals surface area contributed by atoms with Gasteiger partial charge in [-0.1, -0.05) is 24.3 Å². The fourth-order valence-corrected chi connectivity index (χ4v) is 1.73. The van der Waals surface area contributed by atoms with E-state index in [1.165, 1.54) is 0 Å². The second-order valence-electron chi connectivity index (χ2n) is 4.34. The normalized spacial score (nSPS) is 10.1. The number of rotatable bonds is 3. The monoisotopic (exact) mass is 240 g/mol. The van der Waals surface area contributed by atoms with Crippen LogP contribution in [0.3, 0.4) is 0 Å². The SMILES string of the molecule is Cc1ccc(NC(=O)Cc2ccccc2C)cn1. The lowest BCUT2D eigenvalue weighted by molar-refractivity contribution is -0.115. The third-order valence-corrected chi connectivity index (χ3v) is 2.81. The largest absolute Gasteiger partial charge is 0.324 e. The summed E-state index contributed by atoms with van der Waals surface area (Å²) in [5.74, 6) is -0.0186. The summed E-state index contributed by atoms with van der Waals surface area (Å²) < 4.78 is 0. The van der Waals surface area contributed by atoms with Gasteiger partial charge in [-0.2, -0.15) is 0 Å². The lowest BCUT2D eigenvalue weighted by atomic mass is 10.1. The Morgan fingerprint density at radius 3 is 2.61 bits per heavy atom. The molecular weight excluding hydrogens is 224 g/mol. The van der Waals surface area contributed by atoms with E-state index in [9.17, 15) is 4.79 Å². The van der Waals surface area contributed by atoms with Crippen molar-refractivity contribution in [3.8, 4) is 0 Å². The van der Waals surface area contributed by atoms with Gasteiger partial charge in [0.15, 0.2) is 0 Å². The molecule has 1 N–H and O–H groups in total. The van der Waals surface area contributed by atoms with Gasteiger partial charge in [-0.05, 0) is 37.1 Å². The highest BCUT2D eigenvalue weighted by atomic mass is 16.1. The predicted octanol–water partition coefficient (Wildman–Crippen LogP) is 2.88. The number of hydrogen-bond donors (Lipinski definition) is 1. The molecule has 18 heavy (non-hydrogen) atoms. The maximum absolute atomic E-state index is 11.9. The van der Waals surface area contributed by atoms with E-state index in [-0.39, 0.29) is 5.91 Å². The second kappa shape index (κ2) is 5.45. The van der Waals surface area contributed by atoms with Crippen LogP contribution in [0.5, 0.6) is 0 Å². The molecule has 3 nitrogen and oxygen atoms in total. The number of nitrogens with one attached hydrogen (secondary N) is 1. The maximum atomic E-state index is 11.9. The zero-order valence-electron chi connectivity index (χ0n) is 10.6.